The summed E-state index contributed by atoms with van der Waals surface area (Å²) in [7, 11) is -3.27. The average Bonchev–Trinajstić information content (AvgIpc) is 3.56. The molecule has 1 amide bonds. The summed E-state index contributed by atoms with van der Waals surface area (Å²) in [6, 6.07) is 14.1. The van der Waals surface area contributed by atoms with Crippen molar-refractivity contribution in [2.24, 2.45) is 0 Å². The molecular weight excluding hydrogens is 480 g/mol. The Morgan fingerprint density at radius 2 is 1.75 bits per heavy atom. The highest BCUT2D eigenvalue weighted by atomic mass is 32.2. The standard InChI is InChI=1S/C26H26N4O5S/c1-36(32,33)22-5-3-21(4-6-22)30-13-8-19(17-30)24(31)29-20-2-7-23(28-16-20)25(18-27)9-11-26(12-10-25)34-14-15-35-26/h2-8,13,16-17H,9-12,14-15H2,1H3,(H,29,31). The van der Waals surface area contributed by atoms with Crippen LogP contribution in [0.4, 0.5) is 5.69 Å². The van der Waals surface area contributed by atoms with Crippen LogP contribution in [0.5, 0.6) is 0 Å². The Morgan fingerprint density at radius 3 is 2.33 bits per heavy atom. The molecule has 10 heteroatoms. The fourth-order valence-electron chi connectivity index (χ4n) is 4.78. The van der Waals surface area contributed by atoms with Crippen molar-refractivity contribution in [3.63, 3.8) is 0 Å². The maximum atomic E-state index is 12.8. The highest BCUT2D eigenvalue weighted by molar-refractivity contribution is 7.90. The third-order valence-electron chi connectivity index (χ3n) is 6.92. The molecule has 1 spiro atoms. The summed E-state index contributed by atoms with van der Waals surface area (Å²) >= 11 is 0. The highest BCUT2D eigenvalue weighted by Crippen LogP contribution is 2.45. The lowest BCUT2D eigenvalue weighted by Gasteiger charge is -2.39. The summed E-state index contributed by atoms with van der Waals surface area (Å²) in [5.74, 6) is -0.860. The van der Waals surface area contributed by atoms with Gasteiger partial charge in [0.15, 0.2) is 15.6 Å². The van der Waals surface area contributed by atoms with Crippen molar-refractivity contribution in [1.29, 1.82) is 5.26 Å². The van der Waals surface area contributed by atoms with Crippen LogP contribution in [0.25, 0.3) is 5.69 Å². The molecule has 3 aromatic rings. The molecule has 1 aliphatic carbocycles. The smallest absolute Gasteiger partial charge is 0.257 e. The fraction of sp³-hybridized carbons (Fsp3) is 0.346. The zero-order valence-electron chi connectivity index (χ0n) is 19.8. The van der Waals surface area contributed by atoms with Gasteiger partial charge in [-0.2, -0.15) is 5.26 Å². The molecule has 2 aromatic heterocycles. The van der Waals surface area contributed by atoms with Gasteiger partial charge in [-0.15, -0.1) is 0 Å². The van der Waals surface area contributed by atoms with Gasteiger partial charge < -0.3 is 19.4 Å². The fourth-order valence-corrected chi connectivity index (χ4v) is 5.41. The van der Waals surface area contributed by atoms with Crippen molar-refractivity contribution >= 4 is 21.4 Å². The van der Waals surface area contributed by atoms with E-state index in [0.29, 0.717) is 55.8 Å². The number of carbonyl (C=O) groups is 1. The topological polar surface area (TPSA) is 123 Å². The van der Waals surface area contributed by atoms with Crippen LogP contribution in [0.1, 0.15) is 41.7 Å². The van der Waals surface area contributed by atoms with Crippen LogP contribution in [0.2, 0.25) is 0 Å². The van der Waals surface area contributed by atoms with Crippen molar-refractivity contribution in [3.05, 3.63) is 72.3 Å². The Kier molecular flexibility index (Phi) is 6.16. The first kappa shape index (κ1) is 24.2. The molecule has 5 rings (SSSR count). The lowest BCUT2D eigenvalue weighted by atomic mass is 9.70. The van der Waals surface area contributed by atoms with Gasteiger partial charge in [-0.1, -0.05) is 0 Å². The summed E-state index contributed by atoms with van der Waals surface area (Å²) in [6.45, 7) is 1.18. The Labute approximate surface area is 209 Å². The summed E-state index contributed by atoms with van der Waals surface area (Å²) in [4.78, 5) is 17.5. The number of hydrogen-bond acceptors (Lipinski definition) is 7. The Morgan fingerprint density at radius 1 is 1.06 bits per heavy atom. The second-order valence-electron chi connectivity index (χ2n) is 9.26. The molecule has 1 aliphatic heterocycles. The SMILES string of the molecule is CS(=O)(=O)c1ccc(-n2ccc(C(=O)Nc3ccc(C4(C#N)CCC5(CC4)OCCO5)nc3)c2)cc1. The Balaban J connectivity index is 1.25. The van der Waals surface area contributed by atoms with E-state index < -0.39 is 21.0 Å². The van der Waals surface area contributed by atoms with Crippen molar-refractivity contribution in [2.45, 2.75) is 41.8 Å². The molecule has 0 atom stereocenters. The van der Waals surface area contributed by atoms with Gasteiger partial charge in [-0.05, 0) is 55.3 Å². The van der Waals surface area contributed by atoms with Gasteiger partial charge in [0.2, 0.25) is 0 Å². The highest BCUT2D eigenvalue weighted by Gasteiger charge is 2.48. The van der Waals surface area contributed by atoms with Crippen molar-refractivity contribution in [2.75, 3.05) is 24.8 Å². The lowest BCUT2D eigenvalue weighted by molar-refractivity contribution is -0.182. The van der Waals surface area contributed by atoms with Crippen LogP contribution in [0.3, 0.4) is 0 Å². The number of nitrogens with one attached hydrogen (secondary N) is 1. The first-order valence-electron chi connectivity index (χ1n) is 11.7. The number of nitrogens with zero attached hydrogens (tertiary/aromatic N) is 3. The normalized spacial score (nSPS) is 18.6. The number of rotatable bonds is 5. The Bertz CT molecular complexity index is 1410. The second-order valence-corrected chi connectivity index (χ2v) is 11.3. The molecule has 1 saturated heterocycles. The molecule has 1 aromatic carbocycles. The monoisotopic (exact) mass is 506 g/mol. The van der Waals surface area contributed by atoms with Gasteiger partial charge >= 0.3 is 0 Å². The zero-order chi connectivity index (χ0) is 25.4. The third kappa shape index (κ3) is 4.65. The summed E-state index contributed by atoms with van der Waals surface area (Å²) in [5.41, 5.74) is 1.68. The predicted octanol–water partition coefficient (Wildman–Crippen LogP) is 3.61. The molecule has 0 unspecified atom stereocenters. The van der Waals surface area contributed by atoms with E-state index in [1.807, 2.05) is 0 Å². The number of ether oxygens (including phenoxy) is 2. The molecule has 0 radical (unpaired) electrons. The molecule has 36 heavy (non-hydrogen) atoms. The molecule has 186 valence electrons. The molecule has 2 fully saturated rings. The molecule has 0 bridgehead atoms. The van der Waals surface area contributed by atoms with Crippen LogP contribution in [-0.4, -0.2) is 49.1 Å². The van der Waals surface area contributed by atoms with E-state index in [2.05, 4.69) is 16.4 Å². The van der Waals surface area contributed by atoms with Gasteiger partial charge in [0, 0.05) is 37.2 Å². The first-order valence-corrected chi connectivity index (χ1v) is 13.6. The summed E-state index contributed by atoms with van der Waals surface area (Å²) in [5, 5.41) is 12.8. The molecule has 1 saturated carbocycles. The predicted molar refractivity (Wildman–Crippen MR) is 131 cm³/mol. The minimum absolute atomic E-state index is 0.235. The molecule has 3 heterocycles. The minimum Gasteiger partial charge on any atom is -0.348 e. The van der Waals surface area contributed by atoms with Crippen molar-refractivity contribution in [1.82, 2.24) is 9.55 Å². The zero-order valence-corrected chi connectivity index (χ0v) is 20.6. The first-order chi connectivity index (χ1) is 17.2. The van der Waals surface area contributed by atoms with E-state index >= 15 is 0 Å². The van der Waals surface area contributed by atoms with Gasteiger partial charge in [-0.3, -0.25) is 9.78 Å². The largest absolute Gasteiger partial charge is 0.348 e. The van der Waals surface area contributed by atoms with Gasteiger partial charge in [0.1, 0.15) is 0 Å². The maximum absolute atomic E-state index is 12.8. The van der Waals surface area contributed by atoms with Crippen LogP contribution >= 0.6 is 0 Å². The quantitative estimate of drug-likeness (QED) is 0.561. The number of pyridine rings is 1. The number of carbonyl (C=O) groups excluding carboxylic acids is 1. The number of sulfone groups is 1. The Hall–Kier alpha value is -3.52. The number of benzene rings is 1. The summed E-state index contributed by atoms with van der Waals surface area (Å²) in [6.07, 6.45) is 8.62. The number of aromatic nitrogens is 2. The van der Waals surface area contributed by atoms with Gasteiger partial charge in [0.05, 0.1) is 52.7 Å². The van der Waals surface area contributed by atoms with Crippen LogP contribution in [0, 0.1) is 11.3 Å². The van der Waals surface area contributed by atoms with Crippen LogP contribution in [0.15, 0.2) is 66.0 Å². The number of amides is 1. The number of hydrogen-bond donors (Lipinski definition) is 1. The van der Waals surface area contributed by atoms with E-state index in [1.165, 1.54) is 12.1 Å². The van der Waals surface area contributed by atoms with Crippen molar-refractivity contribution < 1.29 is 22.7 Å². The number of nitriles is 1. The average molecular weight is 507 g/mol. The third-order valence-corrected chi connectivity index (χ3v) is 8.05. The van der Waals surface area contributed by atoms with E-state index in [1.54, 1.807) is 53.5 Å². The van der Waals surface area contributed by atoms with Crippen LogP contribution in [-0.2, 0) is 24.7 Å². The van der Waals surface area contributed by atoms with Crippen LogP contribution < -0.4 is 5.32 Å². The lowest BCUT2D eigenvalue weighted by Crippen LogP contribution is -2.41. The maximum Gasteiger partial charge on any atom is 0.257 e. The molecular formula is C26H26N4O5S. The van der Waals surface area contributed by atoms with E-state index in [0.717, 1.165) is 11.9 Å². The summed E-state index contributed by atoms with van der Waals surface area (Å²) < 4.78 is 36.6. The molecule has 1 N–H and O–H groups in total. The molecule has 2 aliphatic rings. The second kappa shape index (κ2) is 9.17. The van der Waals surface area contributed by atoms with Gasteiger partial charge in [-0.25, -0.2) is 8.42 Å². The van der Waals surface area contributed by atoms with E-state index in [-0.39, 0.29) is 10.8 Å². The molecule has 9 nitrogen and oxygen atoms in total. The minimum atomic E-state index is -3.27. The van der Waals surface area contributed by atoms with E-state index in [9.17, 15) is 18.5 Å². The van der Waals surface area contributed by atoms with Crippen molar-refractivity contribution in [3.8, 4) is 11.8 Å². The van der Waals surface area contributed by atoms with Gasteiger partial charge in [0.25, 0.3) is 5.91 Å². The number of anilines is 1. The van der Waals surface area contributed by atoms with E-state index in [4.69, 9.17) is 9.47 Å².